The molecular formula is C11H14ClO. The predicted octanol–water partition coefficient (Wildman–Crippen LogP) is 3.57. The van der Waals surface area contributed by atoms with Crippen LogP contribution in [0.15, 0.2) is 18.2 Å². The van der Waals surface area contributed by atoms with Gasteiger partial charge in [0.1, 0.15) is 5.75 Å². The Morgan fingerprint density at radius 3 is 2.69 bits per heavy atom. The minimum Gasteiger partial charge on any atom is -0.491 e. The SMILES string of the molecule is CC(C)(C)COc1c[c]ccc1Cl. The molecule has 0 spiro atoms. The molecule has 0 heterocycles. The van der Waals surface area contributed by atoms with Gasteiger partial charge in [-0.3, -0.25) is 0 Å². The molecule has 71 valence electrons. The number of ether oxygens (including phenoxy) is 1. The third-order valence-electron chi connectivity index (χ3n) is 1.44. The molecule has 0 atom stereocenters. The largest absolute Gasteiger partial charge is 0.491 e. The Bertz CT molecular complexity index is 276. The van der Waals surface area contributed by atoms with Gasteiger partial charge in [0.05, 0.1) is 11.6 Å². The van der Waals surface area contributed by atoms with Gasteiger partial charge in [0.2, 0.25) is 0 Å². The van der Waals surface area contributed by atoms with Gasteiger partial charge in [-0.05, 0) is 23.6 Å². The molecule has 0 unspecified atom stereocenters. The highest BCUT2D eigenvalue weighted by Gasteiger charge is 2.11. The lowest BCUT2D eigenvalue weighted by Gasteiger charge is -2.19. The van der Waals surface area contributed by atoms with Crippen LogP contribution in [0.4, 0.5) is 0 Å². The number of hydrogen-bond acceptors (Lipinski definition) is 1. The second-order valence-corrected chi connectivity index (χ2v) is 4.61. The molecular weight excluding hydrogens is 184 g/mol. The van der Waals surface area contributed by atoms with Crippen LogP contribution in [0, 0.1) is 11.5 Å². The lowest BCUT2D eigenvalue weighted by molar-refractivity contribution is 0.198. The average Bonchev–Trinajstić information content (AvgIpc) is 2.01. The summed E-state index contributed by atoms with van der Waals surface area (Å²) < 4.78 is 5.54. The van der Waals surface area contributed by atoms with Gasteiger partial charge >= 0.3 is 0 Å². The van der Waals surface area contributed by atoms with Gasteiger partial charge in [0, 0.05) is 0 Å². The Morgan fingerprint density at radius 2 is 2.15 bits per heavy atom. The molecule has 0 aliphatic carbocycles. The van der Waals surface area contributed by atoms with E-state index in [9.17, 15) is 0 Å². The fourth-order valence-electron chi connectivity index (χ4n) is 0.801. The molecule has 0 aliphatic heterocycles. The molecule has 1 radical (unpaired) electrons. The quantitative estimate of drug-likeness (QED) is 0.705. The molecule has 0 fully saturated rings. The summed E-state index contributed by atoms with van der Waals surface area (Å²) in [4.78, 5) is 0. The highest BCUT2D eigenvalue weighted by molar-refractivity contribution is 6.32. The van der Waals surface area contributed by atoms with Gasteiger partial charge in [0.15, 0.2) is 0 Å². The summed E-state index contributed by atoms with van der Waals surface area (Å²) in [5.74, 6) is 0.707. The van der Waals surface area contributed by atoms with Crippen LogP contribution in [-0.2, 0) is 0 Å². The second-order valence-electron chi connectivity index (χ2n) is 4.21. The summed E-state index contributed by atoms with van der Waals surface area (Å²) in [5, 5.41) is 0.642. The molecule has 0 aromatic heterocycles. The number of rotatable bonds is 2. The zero-order chi connectivity index (χ0) is 9.90. The molecule has 13 heavy (non-hydrogen) atoms. The first-order valence-electron chi connectivity index (χ1n) is 4.27. The Balaban J connectivity index is 2.60. The van der Waals surface area contributed by atoms with Crippen molar-refractivity contribution in [3.63, 3.8) is 0 Å². The molecule has 0 amide bonds. The fourth-order valence-corrected chi connectivity index (χ4v) is 0.973. The Hall–Kier alpha value is -0.690. The highest BCUT2D eigenvalue weighted by Crippen LogP contribution is 2.25. The zero-order valence-electron chi connectivity index (χ0n) is 8.23. The van der Waals surface area contributed by atoms with E-state index in [2.05, 4.69) is 26.8 Å². The highest BCUT2D eigenvalue weighted by atomic mass is 35.5. The molecule has 1 aromatic carbocycles. The maximum Gasteiger partial charge on any atom is 0.138 e. The first-order chi connectivity index (χ1) is 5.99. The molecule has 1 aromatic rings. The van der Waals surface area contributed by atoms with Crippen molar-refractivity contribution >= 4 is 11.6 Å². The third kappa shape index (κ3) is 3.69. The van der Waals surface area contributed by atoms with Gasteiger partial charge in [-0.15, -0.1) is 0 Å². The molecule has 2 heteroatoms. The van der Waals surface area contributed by atoms with Gasteiger partial charge in [-0.1, -0.05) is 38.4 Å². The van der Waals surface area contributed by atoms with Crippen molar-refractivity contribution < 1.29 is 4.74 Å². The van der Waals surface area contributed by atoms with Crippen LogP contribution in [0.1, 0.15) is 20.8 Å². The molecule has 0 saturated heterocycles. The van der Waals surface area contributed by atoms with E-state index in [1.807, 2.05) is 0 Å². The van der Waals surface area contributed by atoms with Crippen LogP contribution in [0.3, 0.4) is 0 Å². The van der Waals surface area contributed by atoms with Crippen LogP contribution in [-0.4, -0.2) is 6.61 Å². The maximum atomic E-state index is 5.91. The molecule has 0 saturated carbocycles. The topological polar surface area (TPSA) is 9.23 Å². The summed E-state index contributed by atoms with van der Waals surface area (Å²) in [6, 6.07) is 8.23. The van der Waals surface area contributed by atoms with Crippen molar-refractivity contribution in [1.82, 2.24) is 0 Å². The van der Waals surface area contributed by atoms with Crippen LogP contribution >= 0.6 is 11.6 Å². The first kappa shape index (κ1) is 10.4. The van der Waals surface area contributed by atoms with Crippen molar-refractivity contribution in [2.75, 3.05) is 6.61 Å². The summed E-state index contributed by atoms with van der Waals surface area (Å²) >= 11 is 5.91. The third-order valence-corrected chi connectivity index (χ3v) is 1.75. The van der Waals surface area contributed by atoms with E-state index >= 15 is 0 Å². The fraction of sp³-hybridized carbons (Fsp3) is 0.455. The Kier molecular flexibility index (Phi) is 3.21. The van der Waals surface area contributed by atoms with E-state index in [0.717, 1.165) is 0 Å². The van der Waals surface area contributed by atoms with Crippen molar-refractivity contribution in [2.24, 2.45) is 5.41 Å². The zero-order valence-corrected chi connectivity index (χ0v) is 8.98. The van der Waals surface area contributed by atoms with E-state index in [-0.39, 0.29) is 5.41 Å². The maximum absolute atomic E-state index is 5.91. The lowest BCUT2D eigenvalue weighted by atomic mass is 9.99. The summed E-state index contributed by atoms with van der Waals surface area (Å²) in [7, 11) is 0. The lowest BCUT2D eigenvalue weighted by Crippen LogP contribution is -2.16. The summed E-state index contributed by atoms with van der Waals surface area (Å²) in [6.07, 6.45) is 0. The summed E-state index contributed by atoms with van der Waals surface area (Å²) in [6.45, 7) is 7.01. The molecule has 1 nitrogen and oxygen atoms in total. The van der Waals surface area contributed by atoms with Crippen molar-refractivity contribution in [3.8, 4) is 5.75 Å². The Morgan fingerprint density at radius 1 is 1.46 bits per heavy atom. The number of hydrogen-bond donors (Lipinski definition) is 0. The number of halogens is 1. The van der Waals surface area contributed by atoms with Crippen LogP contribution in [0.5, 0.6) is 5.75 Å². The normalized spacial score (nSPS) is 11.4. The van der Waals surface area contributed by atoms with E-state index in [0.29, 0.717) is 17.4 Å². The molecule has 0 aliphatic rings. The van der Waals surface area contributed by atoms with Gasteiger partial charge in [-0.2, -0.15) is 0 Å². The van der Waals surface area contributed by atoms with E-state index in [1.165, 1.54) is 0 Å². The van der Waals surface area contributed by atoms with Crippen molar-refractivity contribution in [2.45, 2.75) is 20.8 Å². The smallest absolute Gasteiger partial charge is 0.138 e. The van der Waals surface area contributed by atoms with Crippen LogP contribution in [0.2, 0.25) is 5.02 Å². The first-order valence-corrected chi connectivity index (χ1v) is 4.65. The predicted molar refractivity (Wildman–Crippen MR) is 55.2 cm³/mol. The molecule has 1 rings (SSSR count). The average molecular weight is 198 g/mol. The monoisotopic (exact) mass is 197 g/mol. The van der Waals surface area contributed by atoms with E-state index in [1.54, 1.807) is 18.2 Å². The minimum absolute atomic E-state index is 0.152. The molecule has 0 bridgehead atoms. The van der Waals surface area contributed by atoms with Crippen LogP contribution in [0.25, 0.3) is 0 Å². The van der Waals surface area contributed by atoms with Gasteiger partial charge in [-0.25, -0.2) is 0 Å². The standard InChI is InChI=1S/C11H14ClO/c1-11(2,3)8-13-10-7-5-4-6-9(10)12/h4,6-7H,8H2,1-3H3. The van der Waals surface area contributed by atoms with Crippen molar-refractivity contribution in [3.05, 3.63) is 29.3 Å². The van der Waals surface area contributed by atoms with E-state index in [4.69, 9.17) is 16.3 Å². The Labute approximate surface area is 84.7 Å². The minimum atomic E-state index is 0.152. The van der Waals surface area contributed by atoms with Gasteiger partial charge < -0.3 is 4.74 Å². The van der Waals surface area contributed by atoms with Crippen molar-refractivity contribution in [1.29, 1.82) is 0 Å². The molecule has 0 N–H and O–H groups in total. The van der Waals surface area contributed by atoms with E-state index < -0.39 is 0 Å². The summed E-state index contributed by atoms with van der Waals surface area (Å²) in [5.41, 5.74) is 0.152. The second kappa shape index (κ2) is 4.01. The van der Waals surface area contributed by atoms with Gasteiger partial charge in [0.25, 0.3) is 0 Å². The number of benzene rings is 1. The van der Waals surface area contributed by atoms with Crippen LogP contribution < -0.4 is 4.74 Å².